The van der Waals surface area contributed by atoms with Crippen LogP contribution in [0.15, 0.2) is 36.5 Å². The Morgan fingerprint density at radius 3 is 2.69 bits per heavy atom. The second kappa shape index (κ2) is 7.08. The van der Waals surface area contributed by atoms with Crippen LogP contribution in [-0.2, 0) is 12.8 Å². The number of methoxy groups -OCH3 is 1. The number of aliphatic hydroxyl groups is 1. The monoisotopic (exact) mass is 352 g/mol. The fourth-order valence-corrected chi connectivity index (χ4v) is 4.06. The van der Waals surface area contributed by atoms with E-state index in [4.69, 9.17) is 4.74 Å². The normalized spacial score (nSPS) is 22.2. The molecular weight excluding hydrogens is 328 g/mol. The average molecular weight is 352 g/mol. The number of aromatic nitrogens is 1. The smallest absolute Gasteiger partial charge is 0.255 e. The summed E-state index contributed by atoms with van der Waals surface area (Å²) in [5, 5.41) is 12.8. The molecule has 136 valence electrons. The number of fused-ring (bicyclic) bond motifs is 1. The van der Waals surface area contributed by atoms with E-state index in [9.17, 15) is 9.90 Å². The highest BCUT2D eigenvalue weighted by Crippen LogP contribution is 2.38. The number of nitrogens with zero attached hydrogens (tertiary/aromatic N) is 1. The minimum atomic E-state index is -0.280. The van der Waals surface area contributed by atoms with E-state index in [1.807, 2.05) is 30.3 Å². The van der Waals surface area contributed by atoms with Gasteiger partial charge >= 0.3 is 0 Å². The first-order chi connectivity index (χ1) is 12.7. The summed E-state index contributed by atoms with van der Waals surface area (Å²) >= 11 is 0. The molecule has 5 heteroatoms. The lowest BCUT2D eigenvalue weighted by Crippen LogP contribution is -2.41. The summed E-state index contributed by atoms with van der Waals surface area (Å²) in [6.45, 7) is 0. The highest BCUT2D eigenvalue weighted by molar-refractivity contribution is 5.97. The number of carbonyl (C=O) groups is 1. The zero-order chi connectivity index (χ0) is 18.1. The van der Waals surface area contributed by atoms with Gasteiger partial charge in [0.15, 0.2) is 0 Å². The van der Waals surface area contributed by atoms with Crippen molar-refractivity contribution < 1.29 is 14.6 Å². The molecule has 5 nitrogen and oxygen atoms in total. The minimum Gasteiger partial charge on any atom is -0.496 e. The van der Waals surface area contributed by atoms with Gasteiger partial charge in [-0.1, -0.05) is 6.07 Å². The summed E-state index contributed by atoms with van der Waals surface area (Å²) in [7, 11) is 1.60. The van der Waals surface area contributed by atoms with E-state index in [0.29, 0.717) is 24.2 Å². The van der Waals surface area contributed by atoms with Crippen LogP contribution in [0.3, 0.4) is 0 Å². The maximum Gasteiger partial charge on any atom is 0.255 e. The van der Waals surface area contributed by atoms with Crippen molar-refractivity contribution in [3.63, 3.8) is 0 Å². The van der Waals surface area contributed by atoms with Crippen LogP contribution in [0.25, 0.3) is 0 Å². The molecule has 1 aromatic heterocycles. The molecule has 0 spiro atoms. The van der Waals surface area contributed by atoms with Crippen LogP contribution in [0.2, 0.25) is 0 Å². The SMILES string of the molecule is COc1cc2c(cc1C(=O)N[C@@H](c1ccccn1)C1CC(O)C1)CCC2. The second-order valence-corrected chi connectivity index (χ2v) is 7.27. The number of nitrogens with one attached hydrogen (secondary N) is 1. The number of aryl methyl sites for hydroxylation is 2. The van der Waals surface area contributed by atoms with E-state index in [1.54, 1.807) is 13.3 Å². The zero-order valence-electron chi connectivity index (χ0n) is 14.9. The largest absolute Gasteiger partial charge is 0.496 e. The van der Waals surface area contributed by atoms with Gasteiger partial charge < -0.3 is 15.2 Å². The number of benzene rings is 1. The van der Waals surface area contributed by atoms with Crippen molar-refractivity contribution in [3.8, 4) is 5.75 Å². The Kier molecular flexibility index (Phi) is 4.64. The van der Waals surface area contributed by atoms with Crippen molar-refractivity contribution in [1.29, 1.82) is 0 Å². The van der Waals surface area contributed by atoms with Gasteiger partial charge in [-0.05, 0) is 73.4 Å². The molecule has 1 saturated carbocycles. The Balaban J connectivity index is 1.61. The average Bonchev–Trinajstić information content (AvgIpc) is 3.10. The molecule has 1 fully saturated rings. The highest BCUT2D eigenvalue weighted by Gasteiger charge is 2.36. The van der Waals surface area contributed by atoms with E-state index in [1.165, 1.54) is 11.1 Å². The highest BCUT2D eigenvalue weighted by atomic mass is 16.5. The van der Waals surface area contributed by atoms with Gasteiger partial charge in [0.05, 0.1) is 30.5 Å². The van der Waals surface area contributed by atoms with Crippen LogP contribution in [0.4, 0.5) is 0 Å². The van der Waals surface area contributed by atoms with E-state index in [-0.39, 0.29) is 24.0 Å². The third kappa shape index (κ3) is 3.19. The molecule has 0 radical (unpaired) electrons. The minimum absolute atomic E-state index is 0.145. The van der Waals surface area contributed by atoms with Crippen LogP contribution < -0.4 is 10.1 Å². The van der Waals surface area contributed by atoms with Gasteiger partial charge in [-0.3, -0.25) is 9.78 Å². The quantitative estimate of drug-likeness (QED) is 0.868. The Morgan fingerprint density at radius 1 is 1.27 bits per heavy atom. The van der Waals surface area contributed by atoms with Gasteiger partial charge in [0.1, 0.15) is 5.75 Å². The van der Waals surface area contributed by atoms with Gasteiger partial charge in [0.2, 0.25) is 0 Å². The standard InChI is InChI=1S/C21H24N2O3/c1-26-19-12-14-6-4-5-13(14)11-17(19)21(25)23-20(15-9-16(24)10-15)18-7-2-3-8-22-18/h2-3,7-8,11-12,15-16,20,24H,4-6,9-10H2,1H3,(H,23,25)/t15?,16?,20-/m1/s1. The van der Waals surface area contributed by atoms with Gasteiger partial charge in [0, 0.05) is 6.20 Å². The van der Waals surface area contributed by atoms with E-state index >= 15 is 0 Å². The maximum atomic E-state index is 13.1. The molecule has 1 aromatic carbocycles. The van der Waals surface area contributed by atoms with Gasteiger partial charge in [-0.2, -0.15) is 0 Å². The molecule has 2 aliphatic carbocycles. The molecule has 1 atom stereocenters. The molecule has 2 aromatic rings. The lowest BCUT2D eigenvalue weighted by molar-refractivity contribution is 0.0228. The van der Waals surface area contributed by atoms with Crippen molar-refractivity contribution in [2.24, 2.45) is 5.92 Å². The summed E-state index contributed by atoms with van der Waals surface area (Å²) in [6, 6.07) is 9.48. The molecule has 26 heavy (non-hydrogen) atoms. The van der Waals surface area contributed by atoms with Crippen molar-refractivity contribution in [3.05, 3.63) is 58.9 Å². The molecule has 2 N–H and O–H groups in total. The van der Waals surface area contributed by atoms with Crippen molar-refractivity contribution >= 4 is 5.91 Å². The van der Waals surface area contributed by atoms with Crippen molar-refractivity contribution in [1.82, 2.24) is 10.3 Å². The third-order valence-corrected chi connectivity index (χ3v) is 5.57. The summed E-state index contributed by atoms with van der Waals surface area (Å²) in [4.78, 5) is 17.5. The molecular formula is C21H24N2O3. The van der Waals surface area contributed by atoms with Gasteiger partial charge in [-0.25, -0.2) is 0 Å². The lowest BCUT2D eigenvalue weighted by atomic mass is 9.76. The molecule has 1 heterocycles. The Labute approximate surface area is 153 Å². The number of pyridine rings is 1. The topological polar surface area (TPSA) is 71.5 Å². The summed E-state index contributed by atoms with van der Waals surface area (Å²) in [6.07, 6.45) is 6.01. The first-order valence-corrected chi connectivity index (χ1v) is 9.25. The van der Waals surface area contributed by atoms with Crippen LogP contribution in [0.1, 0.15) is 52.5 Å². The molecule has 4 rings (SSSR count). The predicted molar refractivity (Wildman–Crippen MR) is 98.2 cm³/mol. The second-order valence-electron chi connectivity index (χ2n) is 7.27. The number of carbonyl (C=O) groups excluding carboxylic acids is 1. The number of rotatable bonds is 5. The first kappa shape index (κ1) is 17.0. The number of hydrogen-bond acceptors (Lipinski definition) is 4. The predicted octanol–water partition coefficient (Wildman–Crippen LogP) is 2.82. The first-order valence-electron chi connectivity index (χ1n) is 9.25. The molecule has 0 unspecified atom stereocenters. The van der Waals surface area contributed by atoms with Crippen molar-refractivity contribution in [2.75, 3.05) is 7.11 Å². The number of hydrogen-bond donors (Lipinski definition) is 2. The molecule has 2 aliphatic rings. The zero-order valence-corrected chi connectivity index (χ0v) is 14.9. The summed E-state index contributed by atoms with van der Waals surface area (Å²) in [5.74, 6) is 0.675. The van der Waals surface area contributed by atoms with Crippen LogP contribution in [0, 0.1) is 5.92 Å². The fraction of sp³-hybridized carbons (Fsp3) is 0.429. The van der Waals surface area contributed by atoms with Gasteiger partial charge in [-0.15, -0.1) is 0 Å². The molecule has 0 aliphatic heterocycles. The summed E-state index contributed by atoms with van der Waals surface area (Å²) in [5.41, 5.74) is 3.93. The fourth-order valence-electron chi connectivity index (χ4n) is 4.06. The third-order valence-electron chi connectivity index (χ3n) is 5.57. The van der Waals surface area contributed by atoms with E-state index in [2.05, 4.69) is 10.3 Å². The van der Waals surface area contributed by atoms with Crippen molar-refractivity contribution in [2.45, 2.75) is 44.2 Å². The lowest BCUT2D eigenvalue weighted by Gasteiger charge is -2.37. The van der Waals surface area contributed by atoms with Crippen LogP contribution >= 0.6 is 0 Å². The summed E-state index contributed by atoms with van der Waals surface area (Å²) < 4.78 is 5.48. The van der Waals surface area contributed by atoms with Crippen LogP contribution in [-0.4, -0.2) is 29.2 Å². The van der Waals surface area contributed by atoms with E-state index in [0.717, 1.165) is 25.0 Å². The number of amides is 1. The number of ether oxygens (including phenoxy) is 1. The Bertz CT molecular complexity index is 800. The molecule has 0 bridgehead atoms. The van der Waals surface area contributed by atoms with Crippen LogP contribution in [0.5, 0.6) is 5.75 Å². The molecule has 0 saturated heterocycles. The number of aliphatic hydroxyl groups excluding tert-OH is 1. The molecule has 1 amide bonds. The Morgan fingerprint density at radius 2 is 2.04 bits per heavy atom. The van der Waals surface area contributed by atoms with E-state index < -0.39 is 0 Å². The Hall–Kier alpha value is -2.40. The maximum absolute atomic E-state index is 13.1. The van der Waals surface area contributed by atoms with Gasteiger partial charge in [0.25, 0.3) is 5.91 Å².